The lowest BCUT2D eigenvalue weighted by Crippen LogP contribution is -2.41. The van der Waals surface area contributed by atoms with Gasteiger partial charge in [0.2, 0.25) is 0 Å². The first-order valence-electron chi connectivity index (χ1n) is 11.5. The van der Waals surface area contributed by atoms with Crippen LogP contribution < -0.4 is 11.5 Å². The minimum Gasteiger partial charge on any atom is -0.489 e. The van der Waals surface area contributed by atoms with Gasteiger partial charge in [-0.1, -0.05) is 6.92 Å². The fourth-order valence-corrected chi connectivity index (χ4v) is 3.78. The molecular weight excluding hydrogens is 480 g/mol. The molecule has 5 N–H and O–H groups in total. The Morgan fingerprint density at radius 1 is 1.28 bits per heavy atom. The molecule has 2 unspecified atom stereocenters. The van der Waals surface area contributed by atoms with Gasteiger partial charge >= 0.3 is 6.18 Å². The maximum Gasteiger partial charge on any atom is 0.453 e. The number of ether oxygens (including phenoxy) is 1. The van der Waals surface area contributed by atoms with Crippen molar-refractivity contribution in [1.82, 2.24) is 19.7 Å². The predicted molar refractivity (Wildman–Crippen MR) is 127 cm³/mol. The minimum absolute atomic E-state index is 0.0394. The summed E-state index contributed by atoms with van der Waals surface area (Å²) in [6.45, 7) is 7.21. The summed E-state index contributed by atoms with van der Waals surface area (Å²) >= 11 is 0. The maximum atomic E-state index is 14.5. The Morgan fingerprint density at radius 2 is 1.92 bits per heavy atom. The second-order valence-corrected chi connectivity index (χ2v) is 9.30. The quantitative estimate of drug-likeness (QED) is 0.167. The van der Waals surface area contributed by atoms with E-state index < -0.39 is 29.8 Å². The SMILES string of the molecule is CN=C(C=C(N)C(=N)C(C)/C(N)=C\C(F)=C(/C)OC1(C)CC1)N1CCn2nc(C(F)(F)F)nc2C1C. The van der Waals surface area contributed by atoms with Crippen LogP contribution >= 0.6 is 0 Å². The number of fused-ring (bicyclic) bond motifs is 1. The molecule has 0 saturated heterocycles. The molecule has 0 radical (unpaired) electrons. The van der Waals surface area contributed by atoms with E-state index >= 15 is 0 Å². The second-order valence-electron chi connectivity index (χ2n) is 9.30. The van der Waals surface area contributed by atoms with E-state index in [1.807, 2.05) is 6.92 Å². The van der Waals surface area contributed by atoms with Gasteiger partial charge in [-0.3, -0.25) is 4.99 Å². The summed E-state index contributed by atoms with van der Waals surface area (Å²) < 4.78 is 60.5. The molecule has 36 heavy (non-hydrogen) atoms. The summed E-state index contributed by atoms with van der Waals surface area (Å²) in [5.74, 6) is -1.90. The number of nitrogens with one attached hydrogen (secondary N) is 1. The van der Waals surface area contributed by atoms with E-state index in [-0.39, 0.29) is 40.8 Å². The van der Waals surface area contributed by atoms with Crippen LogP contribution in [0.3, 0.4) is 0 Å². The monoisotopic (exact) mass is 512 g/mol. The lowest BCUT2D eigenvalue weighted by atomic mass is 9.98. The molecule has 0 aromatic carbocycles. The van der Waals surface area contributed by atoms with E-state index in [4.69, 9.17) is 21.6 Å². The van der Waals surface area contributed by atoms with Gasteiger partial charge in [-0.25, -0.2) is 14.1 Å². The van der Waals surface area contributed by atoms with Crippen molar-refractivity contribution in [3.63, 3.8) is 0 Å². The first kappa shape index (κ1) is 27.2. The summed E-state index contributed by atoms with van der Waals surface area (Å²) in [5, 5.41) is 12.0. The molecule has 2 heterocycles. The number of allylic oxidation sites excluding steroid dienone is 5. The third-order valence-corrected chi connectivity index (χ3v) is 6.38. The van der Waals surface area contributed by atoms with Crippen LogP contribution in [0.5, 0.6) is 0 Å². The summed E-state index contributed by atoms with van der Waals surface area (Å²) in [5.41, 5.74) is 11.9. The Bertz CT molecular complexity index is 1140. The highest BCUT2D eigenvalue weighted by molar-refractivity contribution is 6.06. The van der Waals surface area contributed by atoms with E-state index in [1.54, 1.807) is 18.7 Å². The zero-order chi connectivity index (χ0) is 27.0. The Morgan fingerprint density at radius 3 is 2.47 bits per heavy atom. The zero-order valence-corrected chi connectivity index (χ0v) is 20.9. The number of aliphatic imine (C=N–C) groups is 1. The molecule has 1 aromatic rings. The molecule has 0 bridgehead atoms. The van der Waals surface area contributed by atoms with Crippen LogP contribution in [0.25, 0.3) is 0 Å². The molecule has 1 saturated carbocycles. The summed E-state index contributed by atoms with van der Waals surface area (Å²) in [4.78, 5) is 9.61. The molecule has 3 rings (SSSR count). The molecule has 2 atom stereocenters. The molecule has 13 heteroatoms. The molecule has 198 valence electrons. The van der Waals surface area contributed by atoms with Gasteiger partial charge in [0, 0.05) is 31.3 Å². The van der Waals surface area contributed by atoms with Crippen LogP contribution in [0, 0.1) is 11.3 Å². The van der Waals surface area contributed by atoms with Crippen LogP contribution in [-0.2, 0) is 17.5 Å². The van der Waals surface area contributed by atoms with E-state index in [9.17, 15) is 17.6 Å². The molecule has 2 aliphatic rings. The third kappa shape index (κ3) is 5.88. The van der Waals surface area contributed by atoms with Crippen LogP contribution in [0.15, 0.2) is 40.1 Å². The zero-order valence-electron chi connectivity index (χ0n) is 20.9. The average Bonchev–Trinajstić information content (AvgIpc) is 3.34. The third-order valence-electron chi connectivity index (χ3n) is 6.38. The second kappa shape index (κ2) is 9.94. The first-order chi connectivity index (χ1) is 16.7. The van der Waals surface area contributed by atoms with Crippen molar-refractivity contribution < 1.29 is 22.3 Å². The first-order valence-corrected chi connectivity index (χ1v) is 11.5. The normalized spacial score (nSPS) is 22.1. The van der Waals surface area contributed by atoms with Gasteiger partial charge < -0.3 is 26.5 Å². The van der Waals surface area contributed by atoms with Gasteiger partial charge in [0.05, 0.1) is 24.0 Å². The standard InChI is InChI=1S/C23H32F4N8O/c1-12(16(28)10-15(24)14(3)36-22(4)6-7-22)19(30)17(29)11-18(31-5)34-8-9-35-20(13(34)2)32-21(33-35)23(25,26)27/h10-13,30H,6-9,28-29H2,1-5H3/b15-14-,16-10+,17-11?,30-19?,31-18?. The van der Waals surface area contributed by atoms with Crippen molar-refractivity contribution in [2.45, 2.75) is 64.9 Å². The highest BCUT2D eigenvalue weighted by Crippen LogP contribution is 2.41. The number of halogens is 4. The fourth-order valence-electron chi connectivity index (χ4n) is 3.78. The Hall–Kier alpha value is -3.38. The largest absolute Gasteiger partial charge is 0.489 e. The molecular formula is C23H32F4N8O. The Balaban J connectivity index is 1.75. The molecule has 1 fully saturated rings. The maximum absolute atomic E-state index is 14.5. The summed E-state index contributed by atoms with van der Waals surface area (Å²) in [6.07, 6.45) is -0.348. The molecule has 1 aliphatic heterocycles. The molecule has 0 spiro atoms. The van der Waals surface area contributed by atoms with Crippen molar-refractivity contribution in [2.75, 3.05) is 13.6 Å². The number of amidine groups is 1. The van der Waals surface area contributed by atoms with Crippen molar-refractivity contribution >= 4 is 11.5 Å². The smallest absolute Gasteiger partial charge is 0.453 e. The van der Waals surface area contributed by atoms with Crippen molar-refractivity contribution in [2.24, 2.45) is 22.4 Å². The van der Waals surface area contributed by atoms with E-state index in [2.05, 4.69) is 15.1 Å². The number of nitrogens with zero attached hydrogens (tertiary/aromatic N) is 5. The number of nitrogens with two attached hydrogens (primary N) is 2. The number of alkyl halides is 3. The van der Waals surface area contributed by atoms with Crippen LogP contribution in [0.2, 0.25) is 0 Å². The van der Waals surface area contributed by atoms with E-state index in [0.29, 0.717) is 12.4 Å². The number of aromatic nitrogens is 3. The summed E-state index contributed by atoms with van der Waals surface area (Å²) in [7, 11) is 1.51. The van der Waals surface area contributed by atoms with Gasteiger partial charge in [0.1, 0.15) is 23.0 Å². The van der Waals surface area contributed by atoms with Gasteiger partial charge in [-0.2, -0.15) is 13.2 Å². The lowest BCUT2D eigenvalue weighted by Gasteiger charge is -2.34. The van der Waals surface area contributed by atoms with Crippen molar-refractivity contribution in [1.29, 1.82) is 5.41 Å². The highest BCUT2D eigenvalue weighted by Gasteiger charge is 2.41. The van der Waals surface area contributed by atoms with Crippen LogP contribution in [0.4, 0.5) is 17.6 Å². The van der Waals surface area contributed by atoms with Crippen LogP contribution in [-0.4, -0.2) is 50.4 Å². The van der Waals surface area contributed by atoms with Gasteiger partial charge in [-0.15, -0.1) is 5.10 Å². The Kier molecular flexibility index (Phi) is 7.51. The number of rotatable bonds is 7. The number of hydrogen-bond acceptors (Lipinski definition) is 7. The molecule has 1 aromatic heterocycles. The van der Waals surface area contributed by atoms with Crippen molar-refractivity contribution in [3.05, 3.63) is 46.8 Å². The molecule has 0 amide bonds. The Labute approximate surface area is 207 Å². The average molecular weight is 513 g/mol. The fraction of sp³-hybridized carbons (Fsp3) is 0.565. The minimum atomic E-state index is -4.64. The van der Waals surface area contributed by atoms with Gasteiger partial charge in [0.15, 0.2) is 5.83 Å². The predicted octanol–water partition coefficient (Wildman–Crippen LogP) is 3.81. The van der Waals surface area contributed by atoms with E-state index in [1.165, 1.54) is 24.7 Å². The van der Waals surface area contributed by atoms with E-state index in [0.717, 1.165) is 18.9 Å². The topological polar surface area (TPSA) is 131 Å². The van der Waals surface area contributed by atoms with Crippen LogP contribution in [0.1, 0.15) is 58.2 Å². The molecule has 1 aliphatic carbocycles. The lowest BCUT2D eigenvalue weighted by molar-refractivity contribution is -0.145. The van der Waals surface area contributed by atoms with Crippen molar-refractivity contribution in [3.8, 4) is 0 Å². The summed E-state index contributed by atoms with van der Waals surface area (Å²) in [6, 6.07) is -0.572. The molecule has 9 nitrogen and oxygen atoms in total. The van der Waals surface area contributed by atoms with Gasteiger partial charge in [0.25, 0.3) is 5.82 Å². The van der Waals surface area contributed by atoms with Gasteiger partial charge in [-0.05, 0) is 39.7 Å². The highest BCUT2D eigenvalue weighted by atomic mass is 19.4. The number of hydrogen-bond donors (Lipinski definition) is 3.